The minimum Gasteiger partial charge on any atom is -0.373 e. The number of piperazine rings is 1. The van der Waals surface area contributed by atoms with Crippen LogP contribution in [0.5, 0.6) is 0 Å². The zero-order valence-corrected chi connectivity index (χ0v) is 17.4. The zero-order chi connectivity index (χ0) is 19.2. The lowest BCUT2D eigenvalue weighted by Crippen LogP contribution is -2.57. The molecule has 2 aliphatic heterocycles. The van der Waals surface area contributed by atoms with E-state index in [0.717, 1.165) is 11.8 Å². The number of carbonyl (C=O) groups is 1. The zero-order valence-electron chi connectivity index (χ0n) is 16.5. The summed E-state index contributed by atoms with van der Waals surface area (Å²) in [5, 5.41) is 0. The Kier molecular flexibility index (Phi) is 5.53. The molecule has 0 aromatic rings. The Morgan fingerprint density at radius 3 is 2.19 bits per heavy atom. The fourth-order valence-corrected chi connectivity index (χ4v) is 7.38. The Morgan fingerprint density at radius 2 is 1.63 bits per heavy atom. The molecular weight excluding hydrogens is 366 g/mol. The number of fused-ring (bicyclic) bond motifs is 2. The highest BCUT2D eigenvalue weighted by atomic mass is 32.2. The van der Waals surface area contributed by atoms with Crippen LogP contribution < -0.4 is 0 Å². The predicted molar refractivity (Wildman–Crippen MR) is 102 cm³/mol. The van der Waals surface area contributed by atoms with Gasteiger partial charge in [0.1, 0.15) is 0 Å². The van der Waals surface area contributed by atoms with Gasteiger partial charge in [0.05, 0.1) is 12.2 Å². The minimum atomic E-state index is -3.48. The Morgan fingerprint density at radius 1 is 0.963 bits per heavy atom. The third kappa shape index (κ3) is 4.04. The van der Waals surface area contributed by atoms with E-state index in [1.807, 2.05) is 18.7 Å². The van der Waals surface area contributed by atoms with Crippen molar-refractivity contribution in [3.8, 4) is 0 Å². The lowest BCUT2D eigenvalue weighted by molar-refractivity contribution is -0.133. The first kappa shape index (κ1) is 19.6. The number of rotatable bonds is 4. The summed E-state index contributed by atoms with van der Waals surface area (Å²) in [6.07, 6.45) is 5.67. The summed E-state index contributed by atoms with van der Waals surface area (Å²) in [6.45, 7) is 6.42. The number of carbonyl (C=O) groups excluding carboxylic acids is 1. The SMILES string of the molecule is CC1CN(S(=O)(=O)N2CCN(C(=O)CC3CC4CCC3C4)CC2)CC(C)O1. The van der Waals surface area contributed by atoms with Gasteiger partial charge < -0.3 is 9.64 Å². The molecule has 8 heteroatoms. The minimum absolute atomic E-state index is 0.0897. The van der Waals surface area contributed by atoms with E-state index < -0.39 is 10.2 Å². The third-order valence-corrected chi connectivity index (χ3v) is 8.92. The fourth-order valence-electron chi connectivity index (χ4n) is 5.63. The second-order valence-electron chi connectivity index (χ2n) is 9.00. The van der Waals surface area contributed by atoms with Gasteiger partial charge in [-0.25, -0.2) is 0 Å². The van der Waals surface area contributed by atoms with Crippen molar-refractivity contribution in [3.63, 3.8) is 0 Å². The van der Waals surface area contributed by atoms with E-state index >= 15 is 0 Å². The number of nitrogens with zero attached hydrogens (tertiary/aromatic N) is 3. The molecule has 0 aromatic heterocycles. The summed E-state index contributed by atoms with van der Waals surface area (Å²) >= 11 is 0. The van der Waals surface area contributed by atoms with E-state index in [1.165, 1.54) is 25.7 Å². The van der Waals surface area contributed by atoms with E-state index in [2.05, 4.69) is 0 Å². The standard InChI is InChI=1S/C19H33N3O4S/c1-14-12-22(13-15(2)26-14)27(24,25)21-7-5-20(6-8-21)19(23)11-18-10-16-3-4-17(18)9-16/h14-18H,3-13H2,1-2H3. The lowest BCUT2D eigenvalue weighted by atomic mass is 9.86. The van der Waals surface area contributed by atoms with Crippen LogP contribution >= 0.6 is 0 Å². The van der Waals surface area contributed by atoms with Crippen LogP contribution in [0.15, 0.2) is 0 Å². The molecule has 154 valence electrons. The monoisotopic (exact) mass is 399 g/mol. The van der Waals surface area contributed by atoms with E-state index in [0.29, 0.717) is 51.6 Å². The van der Waals surface area contributed by atoms with Gasteiger partial charge in [0.25, 0.3) is 10.2 Å². The molecule has 1 amide bonds. The van der Waals surface area contributed by atoms with Gasteiger partial charge in [0.2, 0.25) is 5.91 Å². The number of ether oxygens (including phenoxy) is 1. The number of morpholine rings is 1. The molecule has 4 fully saturated rings. The quantitative estimate of drug-likeness (QED) is 0.715. The highest BCUT2D eigenvalue weighted by molar-refractivity contribution is 7.86. The maximum Gasteiger partial charge on any atom is 0.282 e. The van der Waals surface area contributed by atoms with Crippen molar-refractivity contribution in [2.24, 2.45) is 17.8 Å². The molecule has 2 aliphatic carbocycles. The van der Waals surface area contributed by atoms with Crippen LogP contribution in [0, 0.1) is 17.8 Å². The van der Waals surface area contributed by atoms with Gasteiger partial charge in [0, 0.05) is 45.7 Å². The topological polar surface area (TPSA) is 70.2 Å². The summed E-state index contributed by atoms with van der Waals surface area (Å²) in [7, 11) is -3.48. The van der Waals surface area contributed by atoms with Crippen molar-refractivity contribution in [1.29, 1.82) is 0 Å². The van der Waals surface area contributed by atoms with Gasteiger partial charge in [-0.15, -0.1) is 0 Å². The Bertz CT molecular complexity index is 652. The van der Waals surface area contributed by atoms with Crippen molar-refractivity contribution in [3.05, 3.63) is 0 Å². The predicted octanol–water partition coefficient (Wildman–Crippen LogP) is 1.31. The molecule has 2 bridgehead atoms. The average molecular weight is 400 g/mol. The molecule has 4 rings (SSSR count). The summed E-state index contributed by atoms with van der Waals surface area (Å²) in [6, 6.07) is 0. The van der Waals surface area contributed by atoms with Gasteiger partial charge in [-0.1, -0.05) is 6.42 Å². The third-order valence-electron chi connectivity index (χ3n) is 6.95. The maximum absolute atomic E-state index is 13.0. The fraction of sp³-hybridized carbons (Fsp3) is 0.947. The van der Waals surface area contributed by atoms with Crippen molar-refractivity contribution in [2.75, 3.05) is 39.3 Å². The second-order valence-corrected chi connectivity index (χ2v) is 10.9. The second kappa shape index (κ2) is 7.61. The number of hydrogen-bond acceptors (Lipinski definition) is 4. The number of amides is 1. The van der Waals surface area contributed by atoms with Crippen LogP contribution in [0.1, 0.15) is 46.0 Å². The molecule has 2 saturated heterocycles. The molecule has 0 spiro atoms. The summed E-state index contributed by atoms with van der Waals surface area (Å²) < 4.78 is 34.7. The number of hydrogen-bond donors (Lipinski definition) is 0. The molecule has 2 saturated carbocycles. The molecule has 5 unspecified atom stereocenters. The Balaban J connectivity index is 1.29. The van der Waals surface area contributed by atoms with Crippen LogP contribution in [0.4, 0.5) is 0 Å². The average Bonchev–Trinajstić information content (AvgIpc) is 3.24. The van der Waals surface area contributed by atoms with Gasteiger partial charge in [-0.2, -0.15) is 17.0 Å². The van der Waals surface area contributed by atoms with Crippen LogP contribution in [0.2, 0.25) is 0 Å². The maximum atomic E-state index is 13.0. The first-order valence-electron chi connectivity index (χ1n) is 10.5. The lowest BCUT2D eigenvalue weighted by Gasteiger charge is -2.40. The molecule has 4 aliphatic rings. The van der Waals surface area contributed by atoms with Gasteiger partial charge >= 0.3 is 0 Å². The largest absolute Gasteiger partial charge is 0.373 e. The summed E-state index contributed by atoms with van der Waals surface area (Å²) in [5.74, 6) is 2.39. The smallest absolute Gasteiger partial charge is 0.282 e. The van der Waals surface area contributed by atoms with Crippen molar-refractivity contribution in [2.45, 2.75) is 58.2 Å². The molecule has 0 aromatic carbocycles. The molecule has 5 atom stereocenters. The van der Waals surface area contributed by atoms with Crippen molar-refractivity contribution < 1.29 is 17.9 Å². The Labute approximate surface area is 163 Å². The van der Waals surface area contributed by atoms with E-state index in [4.69, 9.17) is 4.74 Å². The molecule has 0 N–H and O–H groups in total. The Hall–Kier alpha value is -0.700. The van der Waals surface area contributed by atoms with Crippen LogP contribution in [-0.4, -0.2) is 79.3 Å². The normalized spacial score (nSPS) is 38.4. The highest BCUT2D eigenvalue weighted by Crippen LogP contribution is 2.49. The molecule has 0 radical (unpaired) electrons. The van der Waals surface area contributed by atoms with Crippen molar-refractivity contribution in [1.82, 2.24) is 13.5 Å². The molecular formula is C19H33N3O4S. The summed E-state index contributed by atoms with van der Waals surface area (Å²) in [4.78, 5) is 14.6. The highest BCUT2D eigenvalue weighted by Gasteiger charge is 2.41. The molecule has 2 heterocycles. The molecule has 27 heavy (non-hydrogen) atoms. The van der Waals surface area contributed by atoms with E-state index in [9.17, 15) is 13.2 Å². The van der Waals surface area contributed by atoms with Crippen LogP contribution in [0.25, 0.3) is 0 Å². The molecule has 7 nitrogen and oxygen atoms in total. The first-order chi connectivity index (χ1) is 12.8. The van der Waals surface area contributed by atoms with Gasteiger partial charge in [-0.3, -0.25) is 4.79 Å². The van der Waals surface area contributed by atoms with Crippen LogP contribution in [-0.2, 0) is 19.7 Å². The van der Waals surface area contributed by atoms with Crippen molar-refractivity contribution >= 4 is 16.1 Å². The van der Waals surface area contributed by atoms with E-state index in [-0.39, 0.29) is 18.1 Å². The summed E-state index contributed by atoms with van der Waals surface area (Å²) in [5.41, 5.74) is 0. The first-order valence-corrected chi connectivity index (χ1v) is 11.9. The van der Waals surface area contributed by atoms with Crippen LogP contribution in [0.3, 0.4) is 0 Å². The van der Waals surface area contributed by atoms with Gasteiger partial charge in [-0.05, 0) is 50.9 Å². The van der Waals surface area contributed by atoms with E-state index in [1.54, 1.807) is 8.61 Å². The van der Waals surface area contributed by atoms with Gasteiger partial charge in [0.15, 0.2) is 0 Å².